The van der Waals surface area contributed by atoms with E-state index in [1.165, 1.54) is 38.5 Å². The summed E-state index contributed by atoms with van der Waals surface area (Å²) in [7, 11) is 0. The molecule has 0 N–H and O–H groups in total. The van der Waals surface area contributed by atoms with Crippen LogP contribution in [-0.2, 0) is 19.4 Å². The molecule has 114 valence electrons. The molecule has 0 aromatic carbocycles. The summed E-state index contributed by atoms with van der Waals surface area (Å²) >= 11 is 1.77. The zero-order valence-electron chi connectivity index (χ0n) is 13.7. The van der Waals surface area contributed by atoms with Gasteiger partial charge in [-0.05, 0) is 0 Å². The van der Waals surface area contributed by atoms with Crippen molar-refractivity contribution in [3.05, 3.63) is 23.8 Å². The molecule has 6 atom stereocenters. The summed E-state index contributed by atoms with van der Waals surface area (Å²) < 4.78 is 1.88. The Morgan fingerprint density at radius 1 is 1.05 bits per heavy atom. The molecule has 6 unspecified atom stereocenters. The van der Waals surface area contributed by atoms with Crippen LogP contribution in [0.25, 0.3) is 0 Å². The summed E-state index contributed by atoms with van der Waals surface area (Å²) in [5, 5.41) is 0. The third-order valence-electron chi connectivity index (χ3n) is 7.60. The number of hydrogen-bond donors (Lipinski definition) is 0. The first-order valence-electron chi connectivity index (χ1n) is 8.89. The fraction of sp³-hybridized carbons (Fsp3) is 0.750. The van der Waals surface area contributed by atoms with Gasteiger partial charge in [-0.3, -0.25) is 0 Å². The maximum absolute atomic E-state index is 2.63. The molecule has 0 amide bonds. The van der Waals surface area contributed by atoms with Gasteiger partial charge in [-0.2, -0.15) is 0 Å². The quantitative estimate of drug-likeness (QED) is 0.481. The number of rotatable bonds is 0. The summed E-state index contributed by atoms with van der Waals surface area (Å²) in [5.41, 5.74) is 2.74. The molecule has 2 saturated carbocycles. The van der Waals surface area contributed by atoms with Crippen molar-refractivity contribution in [2.45, 2.75) is 59.3 Å². The maximum atomic E-state index is 2.63. The predicted molar refractivity (Wildman–Crippen MR) is 85.8 cm³/mol. The van der Waals surface area contributed by atoms with Crippen molar-refractivity contribution < 1.29 is 19.4 Å². The van der Waals surface area contributed by atoms with Crippen molar-refractivity contribution in [2.75, 3.05) is 0 Å². The van der Waals surface area contributed by atoms with Crippen molar-refractivity contribution >= 4 is 3.90 Å². The van der Waals surface area contributed by atoms with E-state index in [1.54, 1.807) is 24.9 Å². The molecule has 0 saturated heterocycles. The van der Waals surface area contributed by atoms with Gasteiger partial charge in [0.2, 0.25) is 0 Å². The monoisotopic (exact) mass is 452 g/mol. The Balaban J connectivity index is 1.75. The van der Waals surface area contributed by atoms with E-state index in [0.717, 1.165) is 23.7 Å². The zero-order chi connectivity index (χ0) is 14.8. The zero-order valence-corrected chi connectivity index (χ0v) is 16.6. The molecule has 0 aromatic rings. The molecule has 21 heavy (non-hydrogen) atoms. The molecule has 0 spiro atoms. The Morgan fingerprint density at radius 3 is 2.57 bits per heavy atom. The first kappa shape index (κ1) is 14.6. The van der Waals surface area contributed by atoms with E-state index in [2.05, 4.69) is 39.0 Å². The topological polar surface area (TPSA) is 0 Å². The van der Waals surface area contributed by atoms with E-state index in [-0.39, 0.29) is 0 Å². The summed E-state index contributed by atoms with van der Waals surface area (Å²) in [6.45, 7) is 7.57. The molecule has 4 aliphatic rings. The van der Waals surface area contributed by atoms with Crippen LogP contribution in [0.4, 0.5) is 0 Å². The van der Waals surface area contributed by atoms with Gasteiger partial charge in [-0.15, -0.1) is 0 Å². The summed E-state index contributed by atoms with van der Waals surface area (Å²) in [4.78, 5) is 0. The Hall–Kier alpha value is 0.0383. The summed E-state index contributed by atoms with van der Waals surface area (Å²) in [6.07, 6.45) is 16.4. The van der Waals surface area contributed by atoms with E-state index >= 15 is 0 Å². The molecule has 0 aliphatic heterocycles. The van der Waals surface area contributed by atoms with Crippen LogP contribution in [0.3, 0.4) is 0 Å². The van der Waals surface area contributed by atoms with E-state index in [1.807, 2.05) is 3.90 Å². The number of fused-ring (bicyclic) bond motifs is 5. The van der Waals surface area contributed by atoms with Crippen LogP contribution in [0.2, 0.25) is 0 Å². The minimum atomic E-state index is 0.483. The second-order valence-electron chi connectivity index (χ2n) is 8.62. The molecular weight excluding hydrogens is 424 g/mol. The molecule has 4 aliphatic carbocycles. The second-order valence-corrected chi connectivity index (χ2v) is 10.4. The van der Waals surface area contributed by atoms with Crippen LogP contribution >= 0.6 is 0 Å². The Labute approximate surface area is 140 Å². The van der Waals surface area contributed by atoms with Crippen molar-refractivity contribution in [1.29, 1.82) is 0 Å². The van der Waals surface area contributed by atoms with Crippen LogP contribution in [0, 0.1) is 34.5 Å². The molecule has 0 radical (unpaired) electrons. The van der Waals surface area contributed by atoms with Crippen LogP contribution < -0.4 is 0 Å². The third kappa shape index (κ3) is 1.94. The molecule has 1 heteroatoms. The van der Waals surface area contributed by atoms with Crippen molar-refractivity contribution in [3.8, 4) is 0 Å². The van der Waals surface area contributed by atoms with Crippen LogP contribution in [-0.4, -0.2) is 3.90 Å². The van der Waals surface area contributed by atoms with E-state index in [4.69, 9.17) is 0 Å². The molecule has 0 bridgehead atoms. The fourth-order valence-electron chi connectivity index (χ4n) is 6.09. The predicted octanol–water partition coefficient (Wildman–Crippen LogP) is 5.08. The first-order valence-corrected chi connectivity index (χ1v) is 10.4. The SMILES string of the molecule is CC1C=C2C=CC3C4CC[C](=[W])C4(C)CCC3C2(C)CC1. The molecule has 4 rings (SSSR count). The Bertz CT molecular complexity index is 542. The Morgan fingerprint density at radius 2 is 1.76 bits per heavy atom. The van der Waals surface area contributed by atoms with Gasteiger partial charge in [-0.1, -0.05) is 0 Å². The van der Waals surface area contributed by atoms with Gasteiger partial charge in [0.25, 0.3) is 0 Å². The molecule has 2 fully saturated rings. The van der Waals surface area contributed by atoms with Gasteiger partial charge in [0.15, 0.2) is 0 Å². The van der Waals surface area contributed by atoms with Crippen LogP contribution in [0.1, 0.15) is 59.3 Å². The molecule has 0 nitrogen and oxygen atoms in total. The molecule has 0 heterocycles. The molecular formula is C20H28W. The van der Waals surface area contributed by atoms with Gasteiger partial charge < -0.3 is 0 Å². The van der Waals surface area contributed by atoms with E-state index in [9.17, 15) is 0 Å². The average Bonchev–Trinajstić information content (AvgIpc) is 2.76. The summed E-state index contributed by atoms with van der Waals surface area (Å²) in [6, 6.07) is 0. The van der Waals surface area contributed by atoms with Crippen LogP contribution in [0.5, 0.6) is 0 Å². The van der Waals surface area contributed by atoms with Crippen molar-refractivity contribution in [2.24, 2.45) is 34.5 Å². The fourth-order valence-corrected chi connectivity index (χ4v) is 7.43. The minimum absolute atomic E-state index is 0.483. The van der Waals surface area contributed by atoms with Gasteiger partial charge in [0.1, 0.15) is 0 Å². The van der Waals surface area contributed by atoms with Crippen molar-refractivity contribution in [1.82, 2.24) is 0 Å². The van der Waals surface area contributed by atoms with Crippen molar-refractivity contribution in [3.63, 3.8) is 0 Å². The Kier molecular flexibility index (Phi) is 3.32. The normalized spacial score (nSPS) is 52.0. The van der Waals surface area contributed by atoms with Crippen LogP contribution in [0.15, 0.2) is 23.8 Å². The van der Waals surface area contributed by atoms with E-state index < -0.39 is 0 Å². The average molecular weight is 452 g/mol. The number of hydrogen-bond acceptors (Lipinski definition) is 0. The summed E-state index contributed by atoms with van der Waals surface area (Å²) in [5.74, 6) is 3.50. The number of allylic oxidation sites excluding steroid dienone is 4. The molecule has 0 aromatic heterocycles. The third-order valence-corrected chi connectivity index (χ3v) is 10.0. The first-order chi connectivity index (χ1) is 9.95. The van der Waals surface area contributed by atoms with Gasteiger partial charge >= 0.3 is 141 Å². The van der Waals surface area contributed by atoms with E-state index in [0.29, 0.717) is 10.8 Å². The standard InChI is InChI=1S/C20H28.W/c1-14-8-12-20(3)15(13-14)6-7-16-17-5-4-10-19(17,2)11-9-18(16)20;/h6-7,13-14,16-18H,4-5,8-9,11-12H2,1-3H3;. The van der Waals surface area contributed by atoms with Gasteiger partial charge in [-0.25, -0.2) is 0 Å². The second kappa shape index (κ2) is 4.77. The van der Waals surface area contributed by atoms with Gasteiger partial charge in [0, 0.05) is 0 Å². The van der Waals surface area contributed by atoms with Gasteiger partial charge in [0.05, 0.1) is 0 Å².